The first-order chi connectivity index (χ1) is 24.2. The number of hydrogen-bond donors (Lipinski definition) is 2. The average Bonchev–Trinajstić information content (AvgIpc) is 3.67. The second-order valence-electron chi connectivity index (χ2n) is 13.6. The molecule has 12 nitrogen and oxygen atoms in total. The van der Waals surface area contributed by atoms with Crippen LogP contribution in [0, 0.1) is 0 Å². The van der Waals surface area contributed by atoms with Crippen molar-refractivity contribution in [3.8, 4) is 23.0 Å². The molecule has 268 valence electrons. The van der Waals surface area contributed by atoms with Crippen LogP contribution in [0.4, 0.5) is 0 Å². The van der Waals surface area contributed by atoms with Gasteiger partial charge in [0.25, 0.3) is 0 Å². The van der Waals surface area contributed by atoms with Crippen LogP contribution < -0.4 is 9.47 Å². The van der Waals surface area contributed by atoms with Crippen LogP contribution in [0.2, 0.25) is 0 Å². The summed E-state index contributed by atoms with van der Waals surface area (Å²) in [7, 11) is 2.90. The van der Waals surface area contributed by atoms with Crippen LogP contribution in [0.5, 0.6) is 23.0 Å². The summed E-state index contributed by atoms with van der Waals surface area (Å²) in [5, 5.41) is 19.9. The minimum atomic E-state index is -0.908. The maximum absolute atomic E-state index is 13.5. The molecule has 2 aliphatic heterocycles. The number of fused-ring (bicyclic) bond motifs is 2. The van der Waals surface area contributed by atoms with Gasteiger partial charge in [-0.05, 0) is 73.2 Å². The van der Waals surface area contributed by atoms with E-state index in [1.807, 2.05) is 0 Å². The molecule has 7 rings (SSSR count). The lowest BCUT2D eigenvalue weighted by atomic mass is 9.84. The lowest BCUT2D eigenvalue weighted by molar-refractivity contribution is -0.227. The summed E-state index contributed by atoms with van der Waals surface area (Å²) in [5.74, 6) is -2.51. The Labute approximate surface area is 290 Å². The number of benzene rings is 2. The molecule has 0 bridgehead atoms. The van der Waals surface area contributed by atoms with E-state index >= 15 is 0 Å². The number of esters is 2. The quantitative estimate of drug-likeness (QED) is 0.263. The molecule has 2 unspecified atom stereocenters. The van der Waals surface area contributed by atoms with E-state index in [1.54, 1.807) is 36.4 Å². The molecule has 2 heterocycles. The molecule has 50 heavy (non-hydrogen) atoms. The molecule has 2 N–H and O–H groups in total. The molecule has 2 saturated heterocycles. The number of ether oxygens (including phenoxy) is 8. The van der Waals surface area contributed by atoms with Gasteiger partial charge in [-0.1, -0.05) is 25.0 Å². The van der Waals surface area contributed by atoms with Gasteiger partial charge in [-0.3, -0.25) is 0 Å². The van der Waals surface area contributed by atoms with E-state index in [2.05, 4.69) is 0 Å². The Bertz CT molecular complexity index is 1470. The van der Waals surface area contributed by atoms with Gasteiger partial charge in [-0.15, -0.1) is 0 Å². The number of aromatic hydroxyl groups is 2. The third-order valence-electron chi connectivity index (χ3n) is 10.3. The molecule has 5 aliphatic rings. The van der Waals surface area contributed by atoms with E-state index in [0.29, 0.717) is 36.8 Å². The van der Waals surface area contributed by atoms with Gasteiger partial charge in [-0.2, -0.15) is 0 Å². The molecule has 5 fully saturated rings. The number of carbonyl (C=O) groups is 2. The molecule has 3 aliphatic carbocycles. The molecule has 0 aromatic heterocycles. The van der Waals surface area contributed by atoms with E-state index in [9.17, 15) is 19.8 Å². The molecule has 3 saturated carbocycles. The van der Waals surface area contributed by atoms with Gasteiger partial charge < -0.3 is 48.1 Å². The highest BCUT2D eigenvalue weighted by molar-refractivity contribution is 5.88. The Morgan fingerprint density at radius 3 is 1.32 bits per heavy atom. The third kappa shape index (κ3) is 6.94. The van der Waals surface area contributed by atoms with Crippen molar-refractivity contribution in [2.45, 2.75) is 112 Å². The molecule has 0 amide bonds. The van der Waals surface area contributed by atoms with Crippen LogP contribution in [0.15, 0.2) is 48.6 Å². The minimum Gasteiger partial charge on any atom is -0.504 e. The number of hydrogen-bond acceptors (Lipinski definition) is 12. The van der Waals surface area contributed by atoms with Crippen molar-refractivity contribution in [2.75, 3.05) is 14.2 Å². The number of rotatable bonds is 8. The first-order valence-corrected chi connectivity index (χ1v) is 17.4. The molecule has 0 radical (unpaired) electrons. The SMILES string of the molecule is COc1cc(/C=C/C(=O)OC2[C@H]3OC4(CCCCC4)O[C@@H]3C(OC(=O)/C=C/c3ccc(O)c(OC)c3)[C@@H]3OC4(CCCCC4)O[C@H]23)ccc1O. The minimum absolute atomic E-state index is 0.0112. The molecule has 6 atom stereocenters. The van der Waals surface area contributed by atoms with Crippen molar-refractivity contribution in [3.63, 3.8) is 0 Å². The Balaban J connectivity index is 1.17. The highest BCUT2D eigenvalue weighted by Gasteiger charge is 2.68. The van der Waals surface area contributed by atoms with Crippen molar-refractivity contribution in [2.24, 2.45) is 0 Å². The summed E-state index contributed by atoms with van der Waals surface area (Å²) in [6.45, 7) is 0. The van der Waals surface area contributed by atoms with Crippen molar-refractivity contribution in [1.29, 1.82) is 0 Å². The second-order valence-corrected chi connectivity index (χ2v) is 13.6. The zero-order chi connectivity index (χ0) is 34.9. The zero-order valence-electron chi connectivity index (χ0n) is 28.3. The van der Waals surface area contributed by atoms with Crippen molar-refractivity contribution in [1.82, 2.24) is 0 Å². The summed E-state index contributed by atoms with van der Waals surface area (Å²) >= 11 is 0. The zero-order valence-corrected chi connectivity index (χ0v) is 28.3. The maximum atomic E-state index is 13.5. The fourth-order valence-electron chi connectivity index (χ4n) is 7.90. The van der Waals surface area contributed by atoms with Gasteiger partial charge in [0.15, 0.2) is 46.8 Å². The first kappa shape index (κ1) is 34.4. The Kier molecular flexibility index (Phi) is 9.80. The summed E-state index contributed by atoms with van der Waals surface area (Å²) in [6, 6.07) is 9.50. The highest BCUT2D eigenvalue weighted by atomic mass is 16.8. The van der Waals surface area contributed by atoms with Gasteiger partial charge in [-0.25, -0.2) is 9.59 Å². The average molecular weight is 693 g/mol. The number of methoxy groups -OCH3 is 2. The van der Waals surface area contributed by atoms with Gasteiger partial charge in [0.05, 0.1) is 14.2 Å². The second kappa shape index (κ2) is 14.3. The first-order valence-electron chi connectivity index (χ1n) is 17.4. The third-order valence-corrected chi connectivity index (χ3v) is 10.3. The van der Waals surface area contributed by atoms with Gasteiger partial charge in [0.2, 0.25) is 0 Å². The van der Waals surface area contributed by atoms with Crippen LogP contribution in [-0.2, 0) is 38.0 Å². The largest absolute Gasteiger partial charge is 0.504 e. The Morgan fingerprint density at radius 2 is 0.980 bits per heavy atom. The van der Waals surface area contributed by atoms with E-state index in [1.165, 1.54) is 38.5 Å². The van der Waals surface area contributed by atoms with E-state index in [-0.39, 0.29) is 23.0 Å². The maximum Gasteiger partial charge on any atom is 0.331 e. The fraction of sp³-hybridized carbons (Fsp3) is 0.526. The molecule has 2 spiro atoms. The van der Waals surface area contributed by atoms with E-state index in [4.69, 9.17) is 37.9 Å². The highest BCUT2D eigenvalue weighted by Crippen LogP contribution is 2.52. The molecular weight excluding hydrogens is 648 g/mol. The lowest BCUT2D eigenvalue weighted by Crippen LogP contribution is -2.63. The van der Waals surface area contributed by atoms with Crippen LogP contribution in [0.1, 0.15) is 75.3 Å². The normalized spacial score (nSPS) is 29.6. The summed E-state index contributed by atoms with van der Waals surface area (Å²) < 4.78 is 49.6. The van der Waals surface area contributed by atoms with E-state index in [0.717, 1.165) is 38.5 Å². The van der Waals surface area contributed by atoms with Gasteiger partial charge in [0.1, 0.15) is 24.4 Å². The Morgan fingerprint density at radius 1 is 0.620 bits per heavy atom. The van der Waals surface area contributed by atoms with Gasteiger partial charge in [0, 0.05) is 37.8 Å². The number of phenolic OH excluding ortho intramolecular Hbond substituents is 2. The van der Waals surface area contributed by atoms with Crippen LogP contribution >= 0.6 is 0 Å². The van der Waals surface area contributed by atoms with Crippen LogP contribution in [0.3, 0.4) is 0 Å². The smallest absolute Gasteiger partial charge is 0.331 e. The summed E-state index contributed by atoms with van der Waals surface area (Å²) in [6.07, 6.45) is 9.21. The van der Waals surface area contributed by atoms with E-state index < -0.39 is 60.1 Å². The molecule has 12 heteroatoms. The van der Waals surface area contributed by atoms with Crippen LogP contribution in [-0.4, -0.2) is 84.6 Å². The topological polar surface area (TPSA) is 148 Å². The number of carbonyl (C=O) groups excluding carboxylic acids is 2. The van der Waals surface area contributed by atoms with Crippen molar-refractivity contribution < 1.29 is 57.7 Å². The van der Waals surface area contributed by atoms with Gasteiger partial charge >= 0.3 is 11.9 Å². The van der Waals surface area contributed by atoms with Crippen LogP contribution in [0.25, 0.3) is 12.2 Å². The lowest BCUT2D eigenvalue weighted by Gasteiger charge is -2.41. The van der Waals surface area contributed by atoms with Crippen molar-refractivity contribution >= 4 is 24.1 Å². The molecule has 2 aromatic carbocycles. The monoisotopic (exact) mass is 692 g/mol. The number of phenols is 2. The summed E-state index contributed by atoms with van der Waals surface area (Å²) in [5.41, 5.74) is 1.26. The predicted octanol–water partition coefficient (Wildman–Crippen LogP) is 5.57. The Hall–Kier alpha value is -4.10. The summed E-state index contributed by atoms with van der Waals surface area (Å²) in [4.78, 5) is 26.9. The fourth-order valence-corrected chi connectivity index (χ4v) is 7.90. The predicted molar refractivity (Wildman–Crippen MR) is 178 cm³/mol. The standard InChI is InChI=1S/C38H44O12/c1-43-27-21-23(9-13-25(27)39)11-15-29(41)45-31-33-35(49-37(47-33)17-5-3-6-18-37)32(36-34(31)48-38(50-36)19-7-4-8-20-38)46-30(42)16-12-24-10-14-26(40)28(22-24)44-2/h9-16,21-22,31-36,39-40H,3-8,17-20H2,1-2H3/b15-11+,16-12+/t31?,32?,33-,34-,35-,36+/m1/s1. The van der Waals surface area contributed by atoms with Crippen molar-refractivity contribution in [3.05, 3.63) is 59.7 Å². The molecule has 2 aromatic rings. The molecular formula is C38H44O12.